The number of hydrazone groups is 1. The normalized spacial score (nSPS) is 11.0. The fourth-order valence-corrected chi connectivity index (χ4v) is 4.46. The van der Waals surface area contributed by atoms with Gasteiger partial charge in [0.25, 0.3) is 5.91 Å². The average Bonchev–Trinajstić information content (AvgIpc) is 3.36. The number of amides is 1. The predicted octanol–water partition coefficient (Wildman–Crippen LogP) is 5.16. The van der Waals surface area contributed by atoms with Crippen LogP contribution in [0.5, 0.6) is 17.2 Å². The van der Waals surface area contributed by atoms with Crippen molar-refractivity contribution in [3.05, 3.63) is 76.8 Å². The number of nitrogens with zero attached hydrogens (tertiary/aromatic N) is 4. The Hall–Kier alpha value is -4.02. The standard InChI is InChI=1S/C27H26ClN5O4S/c1-17-5-7-19(8-6-17)26-31-32-27(33(26)21-11-9-20(28)10-12-21)38-16-24(34)30-29-15-18-13-22(35-2)25(37-4)23(14-18)36-3/h5-15H,16H2,1-4H3,(H,30,34)/b29-15-. The maximum atomic E-state index is 12.6. The number of hydrogen-bond acceptors (Lipinski definition) is 8. The molecule has 0 fully saturated rings. The summed E-state index contributed by atoms with van der Waals surface area (Å²) in [5, 5.41) is 14.0. The Morgan fingerprint density at radius 3 is 2.26 bits per heavy atom. The lowest BCUT2D eigenvalue weighted by Crippen LogP contribution is -2.20. The van der Waals surface area contributed by atoms with E-state index >= 15 is 0 Å². The van der Waals surface area contributed by atoms with Crippen molar-refractivity contribution in [2.24, 2.45) is 5.10 Å². The first-order valence-corrected chi connectivity index (χ1v) is 12.8. The highest BCUT2D eigenvalue weighted by molar-refractivity contribution is 7.99. The van der Waals surface area contributed by atoms with E-state index < -0.39 is 0 Å². The van der Waals surface area contributed by atoms with Gasteiger partial charge in [0.2, 0.25) is 5.75 Å². The van der Waals surface area contributed by atoms with Crippen molar-refractivity contribution in [2.45, 2.75) is 12.1 Å². The van der Waals surface area contributed by atoms with E-state index in [1.165, 1.54) is 39.3 Å². The summed E-state index contributed by atoms with van der Waals surface area (Å²) >= 11 is 7.35. The van der Waals surface area contributed by atoms with Crippen molar-refractivity contribution >= 4 is 35.5 Å². The number of carbonyl (C=O) groups excluding carboxylic acids is 1. The van der Waals surface area contributed by atoms with Gasteiger partial charge in [0.15, 0.2) is 22.5 Å². The third kappa shape index (κ3) is 6.27. The van der Waals surface area contributed by atoms with Crippen LogP contribution in [0, 0.1) is 6.92 Å². The van der Waals surface area contributed by atoms with Gasteiger partial charge < -0.3 is 14.2 Å². The molecule has 0 atom stereocenters. The third-order valence-corrected chi connectivity index (χ3v) is 6.63. The third-order valence-electron chi connectivity index (χ3n) is 5.45. The molecule has 0 saturated heterocycles. The summed E-state index contributed by atoms with van der Waals surface area (Å²) in [5.74, 6) is 1.88. The average molecular weight is 552 g/mol. The number of thioether (sulfide) groups is 1. The Labute approximate surface area is 229 Å². The number of benzene rings is 3. The van der Waals surface area contributed by atoms with Gasteiger partial charge in [-0.05, 0) is 43.3 Å². The lowest BCUT2D eigenvalue weighted by atomic mass is 10.1. The molecule has 0 bridgehead atoms. The number of aromatic nitrogens is 3. The number of aryl methyl sites for hydroxylation is 1. The fraction of sp³-hybridized carbons (Fsp3) is 0.185. The lowest BCUT2D eigenvalue weighted by molar-refractivity contribution is -0.118. The van der Waals surface area contributed by atoms with Crippen LogP contribution in [0.2, 0.25) is 5.02 Å². The van der Waals surface area contributed by atoms with E-state index in [-0.39, 0.29) is 11.7 Å². The second kappa shape index (κ2) is 12.5. The molecule has 1 aromatic heterocycles. The van der Waals surface area contributed by atoms with Gasteiger partial charge in [0.1, 0.15) is 0 Å². The fourth-order valence-electron chi connectivity index (χ4n) is 3.59. The highest BCUT2D eigenvalue weighted by Gasteiger charge is 2.17. The summed E-state index contributed by atoms with van der Waals surface area (Å²) in [6, 6.07) is 18.8. The molecule has 11 heteroatoms. The molecule has 4 aromatic rings. The van der Waals surface area contributed by atoms with Crippen molar-refractivity contribution in [2.75, 3.05) is 27.1 Å². The Balaban J connectivity index is 1.49. The van der Waals surface area contributed by atoms with E-state index in [9.17, 15) is 4.79 Å². The summed E-state index contributed by atoms with van der Waals surface area (Å²) in [7, 11) is 4.60. The minimum Gasteiger partial charge on any atom is -0.493 e. The SMILES string of the molecule is COc1cc(/C=N\NC(=O)CSc2nnc(-c3ccc(C)cc3)n2-c2ccc(Cl)cc2)cc(OC)c1OC. The molecule has 1 amide bonds. The van der Waals surface area contributed by atoms with Crippen molar-refractivity contribution in [1.82, 2.24) is 20.2 Å². The number of rotatable bonds is 10. The van der Waals surface area contributed by atoms with E-state index in [1.54, 1.807) is 24.3 Å². The molecule has 0 aliphatic carbocycles. The second-order valence-corrected chi connectivity index (χ2v) is 9.40. The van der Waals surface area contributed by atoms with E-state index in [2.05, 4.69) is 20.7 Å². The van der Waals surface area contributed by atoms with E-state index in [0.717, 1.165) is 16.8 Å². The van der Waals surface area contributed by atoms with Gasteiger partial charge in [-0.25, -0.2) is 5.43 Å². The molecule has 1 heterocycles. The molecule has 0 aliphatic rings. The van der Waals surface area contributed by atoms with Gasteiger partial charge in [-0.15, -0.1) is 10.2 Å². The number of nitrogens with one attached hydrogen (secondary N) is 1. The summed E-state index contributed by atoms with van der Waals surface area (Å²) < 4.78 is 17.9. The first kappa shape index (κ1) is 27.0. The number of methoxy groups -OCH3 is 3. The number of halogens is 1. The molecule has 38 heavy (non-hydrogen) atoms. The second-order valence-electron chi connectivity index (χ2n) is 8.02. The highest BCUT2D eigenvalue weighted by Crippen LogP contribution is 2.37. The highest BCUT2D eigenvalue weighted by atomic mass is 35.5. The van der Waals surface area contributed by atoms with Crippen molar-refractivity contribution in [3.63, 3.8) is 0 Å². The Morgan fingerprint density at radius 1 is 1.00 bits per heavy atom. The molecule has 3 aromatic carbocycles. The Bertz CT molecular complexity index is 1410. The van der Waals surface area contributed by atoms with Crippen molar-refractivity contribution in [1.29, 1.82) is 0 Å². The first-order valence-electron chi connectivity index (χ1n) is 11.5. The van der Waals surface area contributed by atoms with Crippen LogP contribution in [-0.2, 0) is 4.79 Å². The molecule has 1 N–H and O–H groups in total. The lowest BCUT2D eigenvalue weighted by Gasteiger charge is -2.12. The van der Waals surface area contributed by atoms with Crippen LogP contribution in [0.25, 0.3) is 17.1 Å². The summed E-state index contributed by atoms with van der Waals surface area (Å²) in [6.07, 6.45) is 1.50. The Morgan fingerprint density at radius 2 is 1.66 bits per heavy atom. The van der Waals surface area contributed by atoms with Gasteiger partial charge >= 0.3 is 0 Å². The zero-order valence-corrected chi connectivity index (χ0v) is 22.8. The van der Waals surface area contributed by atoms with Crippen LogP contribution >= 0.6 is 23.4 Å². The molecule has 0 radical (unpaired) electrons. The summed E-state index contributed by atoms with van der Waals surface area (Å²) in [4.78, 5) is 12.6. The van der Waals surface area contributed by atoms with Gasteiger partial charge in [0, 0.05) is 21.8 Å². The van der Waals surface area contributed by atoms with Crippen molar-refractivity contribution < 1.29 is 19.0 Å². The minimum atomic E-state index is -0.304. The van der Waals surface area contributed by atoms with Crippen LogP contribution in [0.3, 0.4) is 0 Å². The summed E-state index contributed by atoms with van der Waals surface area (Å²) in [6.45, 7) is 2.03. The zero-order valence-electron chi connectivity index (χ0n) is 21.3. The van der Waals surface area contributed by atoms with Crippen LogP contribution in [0.1, 0.15) is 11.1 Å². The smallest absolute Gasteiger partial charge is 0.250 e. The molecule has 196 valence electrons. The van der Waals surface area contributed by atoms with Gasteiger partial charge in [-0.2, -0.15) is 5.10 Å². The maximum Gasteiger partial charge on any atom is 0.250 e. The van der Waals surface area contributed by atoms with Gasteiger partial charge in [-0.1, -0.05) is 53.2 Å². The van der Waals surface area contributed by atoms with Gasteiger partial charge in [-0.3, -0.25) is 9.36 Å². The predicted molar refractivity (Wildman–Crippen MR) is 149 cm³/mol. The van der Waals surface area contributed by atoms with E-state index in [0.29, 0.717) is 38.8 Å². The van der Waals surface area contributed by atoms with Gasteiger partial charge in [0.05, 0.1) is 33.3 Å². The largest absolute Gasteiger partial charge is 0.493 e. The number of ether oxygens (including phenoxy) is 3. The molecule has 9 nitrogen and oxygen atoms in total. The number of hydrogen-bond donors (Lipinski definition) is 1. The van der Waals surface area contributed by atoms with Crippen LogP contribution in [-0.4, -0.2) is 54.0 Å². The van der Waals surface area contributed by atoms with Crippen molar-refractivity contribution in [3.8, 4) is 34.3 Å². The van der Waals surface area contributed by atoms with Crippen LogP contribution < -0.4 is 19.6 Å². The molecular formula is C27H26ClN5O4S. The first-order chi connectivity index (χ1) is 18.4. The molecule has 0 spiro atoms. The quantitative estimate of drug-likeness (QED) is 0.165. The van der Waals surface area contributed by atoms with Crippen LogP contribution in [0.4, 0.5) is 0 Å². The monoisotopic (exact) mass is 551 g/mol. The zero-order chi connectivity index (χ0) is 27.1. The maximum absolute atomic E-state index is 12.6. The molecule has 0 unspecified atom stereocenters. The van der Waals surface area contributed by atoms with Crippen LogP contribution in [0.15, 0.2) is 70.9 Å². The topological polar surface area (TPSA) is 99.9 Å². The molecule has 0 aliphatic heterocycles. The minimum absolute atomic E-state index is 0.0756. The van der Waals surface area contributed by atoms with E-state index in [4.69, 9.17) is 25.8 Å². The Kier molecular flexibility index (Phi) is 8.88. The molecule has 4 rings (SSSR count). The number of carbonyl (C=O) groups is 1. The molecule has 0 saturated carbocycles. The van der Waals surface area contributed by atoms with E-state index in [1.807, 2.05) is 47.9 Å². The molecular weight excluding hydrogens is 526 g/mol. The summed E-state index contributed by atoms with van der Waals surface area (Å²) in [5.41, 5.74) is 6.08.